The summed E-state index contributed by atoms with van der Waals surface area (Å²) >= 11 is 5.14. The number of nitrogens with zero attached hydrogens (tertiary/aromatic N) is 2. The third kappa shape index (κ3) is 2.15. The Morgan fingerprint density at radius 3 is 2.67 bits per heavy atom. The van der Waals surface area contributed by atoms with Crippen LogP contribution in [0, 0.1) is 5.92 Å². The minimum Gasteiger partial charge on any atom is -0.480 e. The summed E-state index contributed by atoms with van der Waals surface area (Å²) in [5, 5.41) is 8.74. The summed E-state index contributed by atoms with van der Waals surface area (Å²) in [6.07, 6.45) is 2.61. The van der Waals surface area contributed by atoms with Crippen LogP contribution in [0.2, 0.25) is 0 Å². The van der Waals surface area contributed by atoms with E-state index < -0.39 is 12.5 Å². The molecule has 0 saturated carbocycles. The zero-order valence-electron chi connectivity index (χ0n) is 10.2. The van der Waals surface area contributed by atoms with Crippen LogP contribution in [0.1, 0.15) is 25.1 Å². The van der Waals surface area contributed by atoms with E-state index in [4.69, 9.17) is 17.3 Å². The normalized spacial score (nSPS) is 14.5. The van der Waals surface area contributed by atoms with Crippen LogP contribution in [0.25, 0.3) is 0 Å². The molecule has 1 aromatic heterocycles. The number of thiocarbonyl (C=S) groups is 1. The highest BCUT2D eigenvalue weighted by molar-refractivity contribution is 7.80. The summed E-state index contributed by atoms with van der Waals surface area (Å²) in [5.41, 5.74) is 1.66. The van der Waals surface area contributed by atoms with Crippen LogP contribution >= 0.6 is 12.2 Å². The Morgan fingerprint density at radius 1 is 1.50 bits per heavy atom. The van der Waals surface area contributed by atoms with Crippen LogP contribution in [0.15, 0.2) is 12.3 Å². The molecule has 18 heavy (non-hydrogen) atoms. The molecule has 0 atom stereocenters. The maximum atomic E-state index is 12.0. The maximum absolute atomic E-state index is 12.0. The van der Waals surface area contributed by atoms with Crippen LogP contribution in [0.3, 0.4) is 0 Å². The molecule has 0 aliphatic carbocycles. The van der Waals surface area contributed by atoms with Crippen molar-refractivity contribution < 1.29 is 14.7 Å². The quantitative estimate of drug-likeness (QED) is 0.843. The van der Waals surface area contributed by atoms with Gasteiger partial charge in [0, 0.05) is 6.20 Å². The van der Waals surface area contributed by atoms with E-state index in [1.54, 1.807) is 6.20 Å². The van der Waals surface area contributed by atoms with Gasteiger partial charge in [-0.3, -0.25) is 14.3 Å². The van der Waals surface area contributed by atoms with Crippen LogP contribution in [0.5, 0.6) is 0 Å². The van der Waals surface area contributed by atoms with E-state index in [9.17, 15) is 9.59 Å². The lowest BCUT2D eigenvalue weighted by molar-refractivity contribution is -0.136. The van der Waals surface area contributed by atoms with E-state index in [0.717, 1.165) is 16.9 Å². The van der Waals surface area contributed by atoms with Gasteiger partial charge in [-0.15, -0.1) is 0 Å². The highest BCUT2D eigenvalue weighted by Gasteiger charge is 2.34. The molecule has 1 amide bonds. The van der Waals surface area contributed by atoms with Crippen molar-refractivity contribution in [1.82, 2.24) is 9.47 Å². The fourth-order valence-corrected chi connectivity index (χ4v) is 2.35. The third-order valence-corrected chi connectivity index (χ3v) is 3.14. The minimum absolute atomic E-state index is 0.289. The summed E-state index contributed by atoms with van der Waals surface area (Å²) < 4.78 is 1.43. The van der Waals surface area contributed by atoms with Gasteiger partial charge >= 0.3 is 12.0 Å². The van der Waals surface area contributed by atoms with E-state index in [1.165, 1.54) is 4.57 Å². The van der Waals surface area contributed by atoms with Gasteiger partial charge in [-0.2, -0.15) is 0 Å². The Balaban J connectivity index is 2.27. The first-order valence-electron chi connectivity index (χ1n) is 5.69. The topological polar surface area (TPSA) is 62.5 Å². The van der Waals surface area contributed by atoms with E-state index in [-0.39, 0.29) is 11.0 Å². The smallest absolute Gasteiger partial charge is 0.334 e. The molecule has 2 rings (SSSR count). The first kappa shape index (κ1) is 12.8. The summed E-state index contributed by atoms with van der Waals surface area (Å²) in [5.74, 6) is -0.578. The van der Waals surface area contributed by atoms with Gasteiger partial charge in [0.25, 0.3) is 0 Å². The third-order valence-electron chi connectivity index (χ3n) is 2.72. The number of carboxylic acid groups (broad SMARTS) is 1. The van der Waals surface area contributed by atoms with Crippen molar-refractivity contribution in [1.29, 1.82) is 0 Å². The summed E-state index contributed by atoms with van der Waals surface area (Å²) in [6, 6.07) is 1.48. The monoisotopic (exact) mass is 266 g/mol. The summed E-state index contributed by atoms with van der Waals surface area (Å²) in [4.78, 5) is 24.0. The maximum Gasteiger partial charge on any atom is 0.334 e. The summed E-state index contributed by atoms with van der Waals surface area (Å²) in [6.45, 7) is 3.80. The first-order valence-corrected chi connectivity index (χ1v) is 6.10. The lowest BCUT2D eigenvalue weighted by Gasteiger charge is -2.12. The zero-order valence-corrected chi connectivity index (χ0v) is 11.0. The molecule has 0 radical (unpaired) electrons. The number of aromatic nitrogens is 1. The second-order valence-electron chi connectivity index (χ2n) is 4.77. The van der Waals surface area contributed by atoms with Gasteiger partial charge in [0.15, 0.2) is 0 Å². The van der Waals surface area contributed by atoms with Crippen molar-refractivity contribution in [3.8, 4) is 0 Å². The number of hydrogen-bond acceptors (Lipinski definition) is 3. The number of aliphatic carboxylic acids is 1. The zero-order chi connectivity index (χ0) is 13.4. The number of hydrogen-bond donors (Lipinski definition) is 1. The molecule has 2 heterocycles. The molecule has 1 aliphatic heterocycles. The molecule has 0 aromatic carbocycles. The molecule has 0 unspecified atom stereocenters. The average Bonchev–Trinajstić information content (AvgIpc) is 2.73. The molecule has 1 aromatic rings. The summed E-state index contributed by atoms with van der Waals surface area (Å²) in [7, 11) is 0. The molecule has 0 spiro atoms. The Kier molecular flexibility index (Phi) is 3.21. The van der Waals surface area contributed by atoms with Crippen molar-refractivity contribution >= 4 is 29.2 Å². The lowest BCUT2D eigenvalue weighted by atomic mass is 10.1. The van der Waals surface area contributed by atoms with Crippen molar-refractivity contribution in [2.45, 2.75) is 20.3 Å². The first-order chi connectivity index (χ1) is 8.40. The fraction of sp³-hybridized carbons (Fsp3) is 0.417. The molecular weight excluding hydrogens is 252 g/mol. The molecule has 1 N–H and O–H groups in total. The second-order valence-corrected chi connectivity index (χ2v) is 5.16. The van der Waals surface area contributed by atoms with Gasteiger partial charge in [-0.05, 0) is 24.0 Å². The number of carbonyl (C=O) groups is 2. The standard InChI is InChI=1S/C12H14N2O3S/c1-7(2)3-8-4-9-11(18)14(6-10(15)16)12(17)13(9)5-8/h4-5,7H,3,6H2,1-2H3,(H,15,16). The number of fused-ring (bicyclic) bond motifs is 1. The SMILES string of the molecule is CC(C)Cc1cc2n(c1)C(=O)N(CC(=O)O)C2=S. The molecule has 0 saturated heterocycles. The van der Waals surface area contributed by atoms with Gasteiger partial charge in [-0.25, -0.2) is 4.79 Å². The van der Waals surface area contributed by atoms with Crippen LogP contribution in [0.4, 0.5) is 4.79 Å². The van der Waals surface area contributed by atoms with Crippen LogP contribution in [-0.4, -0.2) is 38.1 Å². The number of amides is 1. The number of rotatable bonds is 4. The van der Waals surface area contributed by atoms with Crippen molar-refractivity contribution in [2.75, 3.05) is 6.54 Å². The molecule has 5 nitrogen and oxygen atoms in total. The van der Waals surface area contributed by atoms with Crippen LogP contribution in [-0.2, 0) is 11.2 Å². The van der Waals surface area contributed by atoms with E-state index in [0.29, 0.717) is 11.6 Å². The van der Waals surface area contributed by atoms with Crippen molar-refractivity contribution in [2.24, 2.45) is 5.92 Å². The Labute approximate surface area is 110 Å². The van der Waals surface area contributed by atoms with E-state index in [2.05, 4.69) is 13.8 Å². The Morgan fingerprint density at radius 2 is 2.17 bits per heavy atom. The molecule has 6 heteroatoms. The van der Waals surface area contributed by atoms with E-state index >= 15 is 0 Å². The second kappa shape index (κ2) is 4.53. The lowest BCUT2D eigenvalue weighted by Crippen LogP contribution is -2.35. The van der Waals surface area contributed by atoms with Crippen LogP contribution < -0.4 is 0 Å². The average molecular weight is 266 g/mol. The van der Waals surface area contributed by atoms with Gasteiger partial charge in [0.2, 0.25) is 0 Å². The molecule has 0 bridgehead atoms. The molecule has 1 aliphatic rings. The van der Waals surface area contributed by atoms with Crippen molar-refractivity contribution in [3.05, 3.63) is 23.5 Å². The molecular formula is C12H14N2O3S. The van der Waals surface area contributed by atoms with Gasteiger partial charge in [-0.1, -0.05) is 26.1 Å². The Hall–Kier alpha value is -1.69. The predicted molar refractivity (Wildman–Crippen MR) is 69.8 cm³/mol. The number of carbonyl (C=O) groups excluding carboxylic acids is 1. The van der Waals surface area contributed by atoms with E-state index in [1.807, 2.05) is 6.07 Å². The number of carboxylic acids is 1. The fourth-order valence-electron chi connectivity index (χ4n) is 2.05. The highest BCUT2D eigenvalue weighted by Crippen LogP contribution is 2.22. The minimum atomic E-state index is -1.07. The largest absolute Gasteiger partial charge is 0.480 e. The predicted octanol–water partition coefficient (Wildman–Crippen LogP) is 1.73. The molecule has 96 valence electrons. The highest BCUT2D eigenvalue weighted by atomic mass is 32.1. The van der Waals surface area contributed by atoms with Gasteiger partial charge in [0.1, 0.15) is 11.5 Å². The van der Waals surface area contributed by atoms with Crippen molar-refractivity contribution in [3.63, 3.8) is 0 Å². The van der Waals surface area contributed by atoms with Gasteiger partial charge < -0.3 is 5.11 Å². The molecule has 0 fully saturated rings. The Bertz CT molecular complexity index is 500. The van der Waals surface area contributed by atoms with Gasteiger partial charge in [0.05, 0.1) is 5.69 Å².